The van der Waals surface area contributed by atoms with Gasteiger partial charge in [0.15, 0.2) is 5.65 Å². The number of nitrogens with zero attached hydrogens (tertiary/aromatic N) is 2. The van der Waals surface area contributed by atoms with E-state index in [1.165, 1.54) is 6.07 Å². The van der Waals surface area contributed by atoms with Crippen LogP contribution >= 0.6 is 0 Å². The molecule has 1 N–H and O–H groups in total. The summed E-state index contributed by atoms with van der Waals surface area (Å²) < 4.78 is 58.8. The summed E-state index contributed by atoms with van der Waals surface area (Å²) in [6.45, 7) is -0.528. The molecular weight excluding hydrogens is 410 g/mol. The van der Waals surface area contributed by atoms with Crippen LogP contribution in [0.5, 0.6) is 11.5 Å². The van der Waals surface area contributed by atoms with E-state index in [4.69, 9.17) is 4.74 Å². The molecule has 0 spiro atoms. The molecule has 0 radical (unpaired) electrons. The molecule has 0 atom stereocenters. The van der Waals surface area contributed by atoms with Crippen molar-refractivity contribution in [3.63, 3.8) is 0 Å². The van der Waals surface area contributed by atoms with Gasteiger partial charge in [0.2, 0.25) is 0 Å². The van der Waals surface area contributed by atoms with E-state index in [0.717, 1.165) is 11.5 Å². The number of alkyl halides is 4. The van der Waals surface area contributed by atoms with Crippen molar-refractivity contribution in [2.45, 2.75) is 25.4 Å². The van der Waals surface area contributed by atoms with Gasteiger partial charge in [0.1, 0.15) is 11.5 Å². The molecule has 4 aromatic rings. The number of H-pyrrole nitrogens is 1. The van der Waals surface area contributed by atoms with Gasteiger partial charge in [-0.25, -0.2) is 4.98 Å². The third-order valence-electron chi connectivity index (χ3n) is 4.97. The lowest BCUT2D eigenvalue weighted by Crippen LogP contribution is -2.09. The van der Waals surface area contributed by atoms with Gasteiger partial charge in [-0.05, 0) is 60.2 Å². The molecule has 0 aliphatic carbocycles. The molecule has 0 unspecified atom stereocenters. The highest BCUT2D eigenvalue weighted by Crippen LogP contribution is 2.36. The number of hydrogen-bond donors (Lipinski definition) is 1. The fraction of sp³-hybridized carbons (Fsp3) is 0.217. The second kappa shape index (κ2) is 8.75. The molecule has 0 bridgehead atoms. The van der Waals surface area contributed by atoms with E-state index in [-0.39, 0.29) is 18.4 Å². The van der Waals surface area contributed by atoms with Crippen molar-refractivity contribution in [3.8, 4) is 22.6 Å². The second-order valence-electron chi connectivity index (χ2n) is 7.08. The molecule has 2 aromatic heterocycles. The molecule has 0 aliphatic heterocycles. The Balaban J connectivity index is 1.57. The normalized spacial score (nSPS) is 11.7. The number of benzene rings is 2. The Kier molecular flexibility index (Phi) is 5.88. The monoisotopic (exact) mass is 429 g/mol. The number of pyridine rings is 1. The Bertz CT molecular complexity index is 1170. The van der Waals surface area contributed by atoms with E-state index in [2.05, 4.69) is 15.2 Å². The smallest absolute Gasteiger partial charge is 0.416 e. The van der Waals surface area contributed by atoms with E-state index < -0.39 is 18.4 Å². The maximum absolute atomic E-state index is 13.6. The molecule has 31 heavy (non-hydrogen) atoms. The second-order valence-corrected chi connectivity index (χ2v) is 7.08. The largest absolute Gasteiger partial charge is 0.456 e. The average molecular weight is 429 g/mol. The first-order valence-electron chi connectivity index (χ1n) is 9.78. The zero-order chi connectivity index (χ0) is 21.8. The minimum absolute atomic E-state index is 0.187. The van der Waals surface area contributed by atoms with Crippen LogP contribution in [0.25, 0.3) is 22.2 Å². The molecule has 2 aromatic carbocycles. The van der Waals surface area contributed by atoms with Gasteiger partial charge in [-0.3, -0.25) is 9.49 Å². The SMILES string of the molecule is FCCCCc1ccc(-c2ccc(Oc3ccnc4[nH]ncc34)cc2)cc1C(F)(F)F. The van der Waals surface area contributed by atoms with Crippen molar-refractivity contribution < 1.29 is 22.3 Å². The number of unbranched alkanes of at least 4 members (excludes halogenated alkanes) is 1. The van der Waals surface area contributed by atoms with Crippen LogP contribution in [0.1, 0.15) is 24.0 Å². The summed E-state index contributed by atoms with van der Waals surface area (Å²) in [6.07, 6.45) is -0.438. The van der Waals surface area contributed by atoms with Crippen molar-refractivity contribution in [2.24, 2.45) is 0 Å². The minimum Gasteiger partial charge on any atom is -0.456 e. The number of halogens is 4. The topological polar surface area (TPSA) is 50.8 Å². The Morgan fingerprint density at radius 3 is 2.45 bits per heavy atom. The van der Waals surface area contributed by atoms with Crippen LogP contribution in [-0.4, -0.2) is 21.9 Å². The summed E-state index contributed by atoms with van der Waals surface area (Å²) >= 11 is 0. The summed E-state index contributed by atoms with van der Waals surface area (Å²) in [5.41, 5.74) is 1.20. The van der Waals surface area contributed by atoms with Crippen molar-refractivity contribution in [1.29, 1.82) is 0 Å². The number of rotatable bonds is 7. The summed E-state index contributed by atoms with van der Waals surface area (Å²) in [6, 6.07) is 12.8. The van der Waals surface area contributed by atoms with Gasteiger partial charge >= 0.3 is 6.18 Å². The highest BCUT2D eigenvalue weighted by molar-refractivity contribution is 5.81. The van der Waals surface area contributed by atoms with Gasteiger partial charge in [-0.2, -0.15) is 18.3 Å². The first-order chi connectivity index (χ1) is 15.0. The predicted molar refractivity (Wildman–Crippen MR) is 110 cm³/mol. The van der Waals surface area contributed by atoms with Crippen LogP contribution in [0.2, 0.25) is 0 Å². The van der Waals surface area contributed by atoms with Crippen LogP contribution in [0, 0.1) is 0 Å². The van der Waals surface area contributed by atoms with Crippen molar-refractivity contribution >= 4 is 11.0 Å². The van der Waals surface area contributed by atoms with Gasteiger partial charge < -0.3 is 4.74 Å². The Morgan fingerprint density at radius 2 is 1.71 bits per heavy atom. The molecule has 0 saturated carbocycles. The Labute approximate surface area is 175 Å². The molecule has 2 heterocycles. The van der Waals surface area contributed by atoms with Crippen LogP contribution < -0.4 is 4.74 Å². The van der Waals surface area contributed by atoms with Crippen LogP contribution in [0.3, 0.4) is 0 Å². The van der Waals surface area contributed by atoms with Gasteiger partial charge in [0.05, 0.1) is 23.8 Å². The van der Waals surface area contributed by atoms with Crippen molar-refractivity contribution in [3.05, 3.63) is 72.1 Å². The number of aromatic amines is 1. The fourth-order valence-electron chi connectivity index (χ4n) is 3.41. The number of nitrogens with one attached hydrogen (secondary N) is 1. The fourth-order valence-corrected chi connectivity index (χ4v) is 3.41. The van der Waals surface area contributed by atoms with Crippen molar-refractivity contribution in [1.82, 2.24) is 15.2 Å². The number of aryl methyl sites for hydroxylation is 1. The van der Waals surface area contributed by atoms with Gasteiger partial charge in [0.25, 0.3) is 0 Å². The summed E-state index contributed by atoms with van der Waals surface area (Å²) in [4.78, 5) is 4.15. The van der Waals surface area contributed by atoms with E-state index in [1.807, 2.05) is 0 Å². The quantitative estimate of drug-likeness (QED) is 0.262. The van der Waals surface area contributed by atoms with E-state index in [1.54, 1.807) is 48.8 Å². The van der Waals surface area contributed by atoms with Crippen LogP contribution in [-0.2, 0) is 12.6 Å². The zero-order valence-corrected chi connectivity index (χ0v) is 16.4. The lowest BCUT2D eigenvalue weighted by molar-refractivity contribution is -0.138. The highest BCUT2D eigenvalue weighted by Gasteiger charge is 2.33. The summed E-state index contributed by atoms with van der Waals surface area (Å²) in [7, 11) is 0. The van der Waals surface area contributed by atoms with Gasteiger partial charge in [0, 0.05) is 6.20 Å². The lowest BCUT2D eigenvalue weighted by atomic mass is 9.96. The van der Waals surface area contributed by atoms with Gasteiger partial charge in [-0.15, -0.1) is 0 Å². The third kappa shape index (κ3) is 4.68. The van der Waals surface area contributed by atoms with E-state index in [9.17, 15) is 17.6 Å². The van der Waals surface area contributed by atoms with Gasteiger partial charge in [-0.1, -0.05) is 24.3 Å². The molecule has 160 valence electrons. The first-order valence-corrected chi connectivity index (χ1v) is 9.78. The highest BCUT2D eigenvalue weighted by atomic mass is 19.4. The minimum atomic E-state index is -4.47. The average Bonchev–Trinajstić information content (AvgIpc) is 3.24. The Hall–Kier alpha value is -3.42. The molecule has 0 saturated heterocycles. The molecule has 4 rings (SSSR count). The molecule has 0 aliphatic rings. The molecule has 0 amide bonds. The zero-order valence-electron chi connectivity index (χ0n) is 16.4. The summed E-state index contributed by atoms with van der Waals surface area (Å²) in [5, 5.41) is 7.43. The standard InChI is InChI=1S/C23H19F4N3O/c24-11-2-1-3-16-4-5-17(13-20(16)23(25,26)27)15-6-8-18(9-7-15)31-21-10-12-28-22-19(21)14-29-30-22/h4-10,12-14H,1-3,11H2,(H,28,29,30). The number of aromatic nitrogens is 3. The third-order valence-corrected chi connectivity index (χ3v) is 4.97. The molecule has 4 nitrogen and oxygen atoms in total. The number of hydrogen-bond acceptors (Lipinski definition) is 3. The number of ether oxygens (including phenoxy) is 1. The van der Waals surface area contributed by atoms with E-state index >= 15 is 0 Å². The predicted octanol–water partition coefficient (Wildman–Crippen LogP) is 6.73. The maximum Gasteiger partial charge on any atom is 0.416 e. The first kappa shape index (κ1) is 20.8. The van der Waals surface area contributed by atoms with Crippen LogP contribution in [0.15, 0.2) is 60.9 Å². The lowest BCUT2D eigenvalue weighted by Gasteiger charge is -2.15. The van der Waals surface area contributed by atoms with Crippen molar-refractivity contribution in [2.75, 3.05) is 6.67 Å². The molecular formula is C23H19F4N3O. The van der Waals surface area contributed by atoms with E-state index in [0.29, 0.717) is 34.7 Å². The molecule has 8 heteroatoms. The Morgan fingerprint density at radius 1 is 0.935 bits per heavy atom. The summed E-state index contributed by atoms with van der Waals surface area (Å²) in [5.74, 6) is 1.11. The van der Waals surface area contributed by atoms with Crippen LogP contribution in [0.4, 0.5) is 17.6 Å². The number of fused-ring (bicyclic) bond motifs is 1. The molecule has 0 fully saturated rings. The maximum atomic E-state index is 13.6.